The summed E-state index contributed by atoms with van der Waals surface area (Å²) in [4.78, 5) is 18.6. The zero-order chi connectivity index (χ0) is 15.5. The molecule has 0 aromatic carbocycles. The smallest absolute Gasteiger partial charge is 0.233 e. The molecule has 2 aliphatic rings. The van der Waals surface area contributed by atoms with Crippen LogP contribution in [0.5, 0.6) is 0 Å². The van der Waals surface area contributed by atoms with Gasteiger partial charge in [-0.05, 0) is 12.3 Å². The first-order valence-electron chi connectivity index (χ1n) is 8.74. The molecule has 2 heterocycles. The highest BCUT2D eigenvalue weighted by Crippen LogP contribution is 2.30. The molecule has 0 atom stereocenters. The second-order valence-corrected chi connectivity index (χ2v) is 7.18. The first-order chi connectivity index (χ1) is 10.6. The van der Waals surface area contributed by atoms with Crippen molar-refractivity contribution in [3.63, 3.8) is 0 Å². The molecule has 1 aliphatic heterocycles. The summed E-state index contributed by atoms with van der Waals surface area (Å²) in [6.07, 6.45) is 8.48. The quantitative estimate of drug-likeness (QED) is 0.835. The molecule has 5 nitrogen and oxygen atoms in total. The van der Waals surface area contributed by atoms with Gasteiger partial charge in [-0.3, -0.25) is 4.79 Å². The third-order valence-electron chi connectivity index (χ3n) is 5.05. The predicted octanol–water partition coefficient (Wildman–Crippen LogP) is 3.48. The Bertz CT molecular complexity index is 500. The molecular formula is C17H27N3O2. The minimum absolute atomic E-state index is 0.235. The molecule has 1 saturated carbocycles. The van der Waals surface area contributed by atoms with Crippen LogP contribution in [-0.2, 0) is 4.79 Å². The molecule has 3 rings (SSSR count). The minimum atomic E-state index is 0.235. The number of hydrogen-bond acceptors (Lipinski definition) is 4. The maximum Gasteiger partial charge on any atom is 0.233 e. The molecule has 0 bridgehead atoms. The van der Waals surface area contributed by atoms with Crippen LogP contribution in [0, 0.1) is 5.92 Å². The molecule has 0 radical (unpaired) electrons. The number of likely N-dealkylation sites (tertiary alicyclic amines) is 1. The van der Waals surface area contributed by atoms with Crippen LogP contribution >= 0.6 is 0 Å². The van der Waals surface area contributed by atoms with E-state index in [1.807, 2.05) is 4.90 Å². The van der Waals surface area contributed by atoms with Gasteiger partial charge >= 0.3 is 0 Å². The molecular weight excluding hydrogens is 278 g/mol. The minimum Gasteiger partial charge on any atom is -0.341 e. The molecule has 1 aliphatic carbocycles. The SMILES string of the molecule is CC(C)c1noc(C2CN(C(=O)CCC3CCCCC3)C2)n1. The topological polar surface area (TPSA) is 59.2 Å². The van der Waals surface area contributed by atoms with E-state index < -0.39 is 0 Å². The van der Waals surface area contributed by atoms with E-state index in [0.29, 0.717) is 18.2 Å². The number of amides is 1. The zero-order valence-electron chi connectivity index (χ0n) is 13.8. The highest BCUT2D eigenvalue weighted by molar-refractivity contribution is 5.77. The van der Waals surface area contributed by atoms with Gasteiger partial charge in [0.05, 0.1) is 5.92 Å². The fourth-order valence-electron chi connectivity index (χ4n) is 3.45. The fraction of sp³-hybridized carbons (Fsp3) is 0.824. The van der Waals surface area contributed by atoms with Crippen molar-refractivity contribution in [2.45, 2.75) is 70.6 Å². The largest absolute Gasteiger partial charge is 0.341 e. The van der Waals surface area contributed by atoms with Crippen LogP contribution in [0.3, 0.4) is 0 Å². The second-order valence-electron chi connectivity index (χ2n) is 7.18. The highest BCUT2D eigenvalue weighted by atomic mass is 16.5. The Balaban J connectivity index is 1.41. The standard InChI is InChI=1S/C17H27N3O2/c1-12(2)16-18-17(22-19-16)14-10-20(11-14)15(21)9-8-13-6-4-3-5-7-13/h12-14H,3-11H2,1-2H3. The lowest BCUT2D eigenvalue weighted by atomic mass is 9.86. The first-order valence-corrected chi connectivity index (χ1v) is 8.74. The van der Waals surface area contributed by atoms with Crippen LogP contribution in [0.15, 0.2) is 4.52 Å². The van der Waals surface area contributed by atoms with Crippen LogP contribution in [0.4, 0.5) is 0 Å². The van der Waals surface area contributed by atoms with Crippen LogP contribution in [0.25, 0.3) is 0 Å². The van der Waals surface area contributed by atoms with Crippen molar-refractivity contribution >= 4 is 5.91 Å². The Hall–Kier alpha value is -1.39. The number of carbonyl (C=O) groups is 1. The number of hydrogen-bond donors (Lipinski definition) is 0. The Morgan fingerprint density at radius 2 is 2.00 bits per heavy atom. The lowest BCUT2D eigenvalue weighted by Crippen LogP contribution is -2.48. The van der Waals surface area contributed by atoms with Gasteiger partial charge in [-0.25, -0.2) is 0 Å². The Kier molecular flexibility index (Phi) is 4.79. The molecule has 0 N–H and O–H groups in total. The van der Waals surface area contributed by atoms with E-state index >= 15 is 0 Å². The Morgan fingerprint density at radius 1 is 1.27 bits per heavy atom. The summed E-state index contributed by atoms with van der Waals surface area (Å²) in [6.45, 7) is 5.58. The van der Waals surface area contributed by atoms with Crippen molar-refractivity contribution in [3.8, 4) is 0 Å². The second kappa shape index (κ2) is 6.80. The lowest BCUT2D eigenvalue weighted by Gasteiger charge is -2.37. The van der Waals surface area contributed by atoms with Gasteiger partial charge in [0.25, 0.3) is 0 Å². The summed E-state index contributed by atoms with van der Waals surface area (Å²) < 4.78 is 5.31. The summed E-state index contributed by atoms with van der Waals surface area (Å²) in [5.74, 6) is 3.05. The van der Waals surface area contributed by atoms with Crippen LogP contribution < -0.4 is 0 Å². The number of rotatable bonds is 5. The normalized spacial score (nSPS) is 20.4. The highest BCUT2D eigenvalue weighted by Gasteiger charge is 2.35. The summed E-state index contributed by atoms with van der Waals surface area (Å²) >= 11 is 0. The van der Waals surface area contributed by atoms with Crippen molar-refractivity contribution in [2.75, 3.05) is 13.1 Å². The average molecular weight is 305 g/mol. The molecule has 22 heavy (non-hydrogen) atoms. The van der Waals surface area contributed by atoms with Crippen molar-refractivity contribution in [2.24, 2.45) is 5.92 Å². The fourth-order valence-corrected chi connectivity index (χ4v) is 3.45. The van der Waals surface area contributed by atoms with Gasteiger partial charge < -0.3 is 9.42 Å². The molecule has 0 spiro atoms. The van der Waals surface area contributed by atoms with Crippen LogP contribution in [-0.4, -0.2) is 34.0 Å². The Labute approximate surface area is 132 Å². The summed E-state index contributed by atoms with van der Waals surface area (Å²) in [5.41, 5.74) is 0. The van der Waals surface area contributed by atoms with Gasteiger partial charge in [0.1, 0.15) is 0 Å². The zero-order valence-corrected chi connectivity index (χ0v) is 13.8. The van der Waals surface area contributed by atoms with Crippen molar-refractivity contribution in [3.05, 3.63) is 11.7 Å². The maximum absolute atomic E-state index is 12.2. The van der Waals surface area contributed by atoms with E-state index in [1.165, 1.54) is 32.1 Å². The van der Waals surface area contributed by atoms with Gasteiger partial charge in [-0.15, -0.1) is 0 Å². The van der Waals surface area contributed by atoms with Gasteiger partial charge in [0, 0.05) is 25.4 Å². The van der Waals surface area contributed by atoms with Crippen LogP contribution in [0.1, 0.15) is 82.3 Å². The molecule has 1 saturated heterocycles. The van der Waals surface area contributed by atoms with E-state index in [9.17, 15) is 4.79 Å². The number of carbonyl (C=O) groups excluding carboxylic acids is 1. The average Bonchev–Trinajstić information content (AvgIpc) is 2.94. The third-order valence-corrected chi connectivity index (χ3v) is 5.05. The van der Waals surface area contributed by atoms with E-state index in [2.05, 4.69) is 24.0 Å². The van der Waals surface area contributed by atoms with E-state index in [1.54, 1.807) is 0 Å². The molecule has 2 fully saturated rings. The van der Waals surface area contributed by atoms with Crippen molar-refractivity contribution < 1.29 is 9.32 Å². The van der Waals surface area contributed by atoms with Gasteiger partial charge in [-0.2, -0.15) is 4.98 Å². The molecule has 1 aromatic heterocycles. The molecule has 1 amide bonds. The number of aromatic nitrogens is 2. The third kappa shape index (κ3) is 3.50. The molecule has 0 unspecified atom stereocenters. The summed E-state index contributed by atoms with van der Waals surface area (Å²) in [7, 11) is 0. The molecule has 5 heteroatoms. The van der Waals surface area contributed by atoms with Gasteiger partial charge in [0.2, 0.25) is 11.8 Å². The summed E-state index contributed by atoms with van der Waals surface area (Å²) in [6, 6.07) is 0. The van der Waals surface area contributed by atoms with Crippen LogP contribution in [0.2, 0.25) is 0 Å². The first kappa shape index (κ1) is 15.5. The number of nitrogens with zero attached hydrogens (tertiary/aromatic N) is 3. The van der Waals surface area contributed by atoms with Crippen molar-refractivity contribution in [1.82, 2.24) is 15.0 Å². The monoisotopic (exact) mass is 305 g/mol. The maximum atomic E-state index is 12.2. The molecule has 122 valence electrons. The van der Waals surface area contributed by atoms with Crippen molar-refractivity contribution in [1.29, 1.82) is 0 Å². The van der Waals surface area contributed by atoms with E-state index in [-0.39, 0.29) is 11.8 Å². The van der Waals surface area contributed by atoms with E-state index in [0.717, 1.165) is 31.3 Å². The predicted molar refractivity (Wildman–Crippen MR) is 83.5 cm³/mol. The van der Waals surface area contributed by atoms with Gasteiger partial charge in [-0.1, -0.05) is 51.1 Å². The van der Waals surface area contributed by atoms with Gasteiger partial charge in [0.15, 0.2) is 5.82 Å². The Morgan fingerprint density at radius 3 is 2.64 bits per heavy atom. The summed E-state index contributed by atoms with van der Waals surface area (Å²) in [5, 5.41) is 4.00. The molecule has 1 aromatic rings. The van der Waals surface area contributed by atoms with E-state index in [4.69, 9.17) is 4.52 Å². The lowest BCUT2D eigenvalue weighted by molar-refractivity contribution is -0.136.